The number of thiophene rings is 1. The summed E-state index contributed by atoms with van der Waals surface area (Å²) in [5.74, 6) is -1.37. The predicted molar refractivity (Wildman–Crippen MR) is 79.8 cm³/mol. The molecule has 21 heavy (non-hydrogen) atoms. The number of aryl methyl sites for hydroxylation is 1. The molecule has 0 aliphatic carbocycles. The Kier molecular flexibility index (Phi) is 4.59. The molecular weight excluding hydrogens is 290 g/mol. The maximum atomic E-state index is 12.0. The third-order valence-corrected chi connectivity index (χ3v) is 3.94. The van der Waals surface area contributed by atoms with Crippen LogP contribution >= 0.6 is 11.3 Å². The molecule has 110 valence electrons. The molecule has 1 aromatic heterocycles. The maximum absolute atomic E-state index is 12.0. The lowest BCUT2D eigenvalue weighted by Gasteiger charge is -2.14. The second-order valence-electron chi connectivity index (χ2n) is 4.65. The number of aromatic hydroxyl groups is 1. The first-order chi connectivity index (χ1) is 9.95. The van der Waals surface area contributed by atoms with Crippen molar-refractivity contribution in [1.29, 1.82) is 0 Å². The van der Waals surface area contributed by atoms with E-state index in [0.29, 0.717) is 4.88 Å². The number of carboxylic acids is 1. The topological polar surface area (TPSA) is 86.6 Å². The number of carbonyl (C=O) groups excluding carboxylic acids is 1. The average Bonchev–Trinajstić information content (AvgIpc) is 2.87. The van der Waals surface area contributed by atoms with E-state index in [9.17, 15) is 19.8 Å². The van der Waals surface area contributed by atoms with Gasteiger partial charge in [-0.05, 0) is 36.8 Å². The van der Waals surface area contributed by atoms with Gasteiger partial charge in [-0.3, -0.25) is 4.79 Å². The molecule has 1 heterocycles. The van der Waals surface area contributed by atoms with Gasteiger partial charge in [-0.2, -0.15) is 0 Å². The fourth-order valence-corrected chi connectivity index (χ4v) is 2.62. The van der Waals surface area contributed by atoms with E-state index >= 15 is 0 Å². The van der Waals surface area contributed by atoms with Crippen molar-refractivity contribution in [3.8, 4) is 5.75 Å². The molecule has 1 aromatic carbocycles. The van der Waals surface area contributed by atoms with Crippen LogP contribution in [0.1, 0.15) is 20.1 Å². The molecule has 0 saturated carbocycles. The predicted octanol–water partition coefficient (Wildman–Crippen LogP) is 2.19. The van der Waals surface area contributed by atoms with Crippen molar-refractivity contribution < 1.29 is 19.8 Å². The lowest BCUT2D eigenvalue weighted by Crippen LogP contribution is -2.42. The lowest BCUT2D eigenvalue weighted by atomic mass is 10.1. The Hall–Kier alpha value is -2.34. The minimum absolute atomic E-state index is 0.115. The lowest BCUT2D eigenvalue weighted by molar-refractivity contribution is -0.139. The SMILES string of the molecule is Cc1ccc(C(=O)N[C@H](Cc2ccc(O)cc2)C(=O)O)s1. The number of hydrogen-bond acceptors (Lipinski definition) is 4. The van der Waals surface area contributed by atoms with E-state index in [1.54, 1.807) is 18.2 Å². The molecule has 0 saturated heterocycles. The number of carboxylic acid groups (broad SMARTS) is 1. The second kappa shape index (κ2) is 6.41. The van der Waals surface area contributed by atoms with Crippen LogP contribution in [0.5, 0.6) is 5.75 Å². The molecule has 2 rings (SSSR count). The Morgan fingerprint density at radius 2 is 1.86 bits per heavy atom. The number of aliphatic carboxylic acids is 1. The van der Waals surface area contributed by atoms with Crippen molar-refractivity contribution in [3.05, 3.63) is 51.7 Å². The van der Waals surface area contributed by atoms with E-state index < -0.39 is 12.0 Å². The highest BCUT2D eigenvalue weighted by Crippen LogP contribution is 2.16. The first-order valence-corrected chi connectivity index (χ1v) is 7.15. The molecule has 0 unspecified atom stereocenters. The van der Waals surface area contributed by atoms with Gasteiger partial charge in [-0.25, -0.2) is 4.79 Å². The molecule has 2 aromatic rings. The van der Waals surface area contributed by atoms with E-state index in [1.807, 2.05) is 13.0 Å². The van der Waals surface area contributed by atoms with Gasteiger partial charge in [0.15, 0.2) is 0 Å². The Bertz CT molecular complexity index is 648. The van der Waals surface area contributed by atoms with Crippen LogP contribution in [0.2, 0.25) is 0 Å². The molecule has 0 fully saturated rings. The van der Waals surface area contributed by atoms with Gasteiger partial charge in [0.2, 0.25) is 0 Å². The van der Waals surface area contributed by atoms with Crippen LogP contribution < -0.4 is 5.32 Å². The molecule has 0 spiro atoms. The molecule has 6 heteroatoms. The number of benzene rings is 1. The maximum Gasteiger partial charge on any atom is 0.326 e. The summed E-state index contributed by atoms with van der Waals surface area (Å²) in [7, 11) is 0. The van der Waals surface area contributed by atoms with E-state index in [4.69, 9.17) is 0 Å². The highest BCUT2D eigenvalue weighted by molar-refractivity contribution is 7.13. The Labute approximate surface area is 125 Å². The fourth-order valence-electron chi connectivity index (χ4n) is 1.85. The minimum atomic E-state index is -1.09. The van der Waals surface area contributed by atoms with E-state index in [0.717, 1.165) is 10.4 Å². The zero-order valence-corrected chi connectivity index (χ0v) is 12.2. The minimum Gasteiger partial charge on any atom is -0.508 e. The van der Waals surface area contributed by atoms with Crippen LogP contribution in [-0.4, -0.2) is 28.1 Å². The number of hydrogen-bond donors (Lipinski definition) is 3. The highest BCUT2D eigenvalue weighted by atomic mass is 32.1. The summed E-state index contributed by atoms with van der Waals surface area (Å²) < 4.78 is 0. The van der Waals surface area contributed by atoms with Crippen LogP contribution in [-0.2, 0) is 11.2 Å². The second-order valence-corrected chi connectivity index (χ2v) is 5.93. The molecule has 0 radical (unpaired) electrons. The van der Waals surface area contributed by atoms with Gasteiger partial charge in [0, 0.05) is 11.3 Å². The van der Waals surface area contributed by atoms with Gasteiger partial charge in [0.1, 0.15) is 11.8 Å². The third kappa shape index (κ3) is 4.06. The van der Waals surface area contributed by atoms with Gasteiger partial charge in [0.25, 0.3) is 5.91 Å². The number of amides is 1. The fraction of sp³-hybridized carbons (Fsp3) is 0.200. The molecule has 5 nitrogen and oxygen atoms in total. The summed E-state index contributed by atoms with van der Waals surface area (Å²) in [6.07, 6.45) is 0.158. The summed E-state index contributed by atoms with van der Waals surface area (Å²) in [6, 6.07) is 8.71. The zero-order chi connectivity index (χ0) is 15.4. The molecule has 1 atom stereocenters. The van der Waals surface area contributed by atoms with Crippen LogP contribution in [0.15, 0.2) is 36.4 Å². The van der Waals surface area contributed by atoms with Crippen molar-refractivity contribution in [1.82, 2.24) is 5.32 Å². The number of rotatable bonds is 5. The van der Waals surface area contributed by atoms with Crippen LogP contribution in [0.4, 0.5) is 0 Å². The van der Waals surface area contributed by atoms with Crippen LogP contribution in [0.3, 0.4) is 0 Å². The van der Waals surface area contributed by atoms with Crippen molar-refractivity contribution in [3.63, 3.8) is 0 Å². The third-order valence-electron chi connectivity index (χ3n) is 2.94. The van der Waals surface area contributed by atoms with Crippen molar-refractivity contribution in [2.75, 3.05) is 0 Å². The van der Waals surface area contributed by atoms with Crippen molar-refractivity contribution in [2.24, 2.45) is 0 Å². The zero-order valence-electron chi connectivity index (χ0n) is 11.4. The Balaban J connectivity index is 2.07. The highest BCUT2D eigenvalue weighted by Gasteiger charge is 2.21. The quantitative estimate of drug-likeness (QED) is 0.790. The standard InChI is InChI=1S/C15H15NO4S/c1-9-2-7-13(21-9)14(18)16-12(15(19)20)8-10-3-5-11(17)6-4-10/h2-7,12,17H,8H2,1H3,(H,16,18)(H,19,20)/t12-/m1/s1. The normalized spacial score (nSPS) is 11.9. The van der Waals surface area contributed by atoms with Gasteiger partial charge in [-0.1, -0.05) is 12.1 Å². The molecule has 3 N–H and O–H groups in total. The first-order valence-electron chi connectivity index (χ1n) is 6.33. The average molecular weight is 305 g/mol. The Morgan fingerprint density at radius 1 is 1.19 bits per heavy atom. The molecule has 0 bridgehead atoms. The number of phenols is 1. The van der Waals surface area contributed by atoms with Crippen LogP contribution in [0.25, 0.3) is 0 Å². The van der Waals surface area contributed by atoms with E-state index in [-0.39, 0.29) is 18.1 Å². The van der Waals surface area contributed by atoms with E-state index in [1.165, 1.54) is 23.5 Å². The van der Waals surface area contributed by atoms with Gasteiger partial charge < -0.3 is 15.5 Å². The first kappa shape index (κ1) is 15.1. The van der Waals surface area contributed by atoms with Gasteiger partial charge in [0.05, 0.1) is 4.88 Å². The van der Waals surface area contributed by atoms with Crippen molar-refractivity contribution >= 4 is 23.2 Å². The summed E-state index contributed by atoms with van der Waals surface area (Å²) >= 11 is 1.32. The molecular formula is C15H15NO4S. The summed E-state index contributed by atoms with van der Waals surface area (Å²) in [5.41, 5.74) is 0.725. The monoisotopic (exact) mass is 305 g/mol. The van der Waals surface area contributed by atoms with Gasteiger partial charge >= 0.3 is 5.97 Å². The van der Waals surface area contributed by atoms with Crippen molar-refractivity contribution in [2.45, 2.75) is 19.4 Å². The summed E-state index contributed by atoms with van der Waals surface area (Å²) in [5, 5.41) is 21.0. The molecule has 0 aliphatic rings. The molecule has 0 aliphatic heterocycles. The van der Waals surface area contributed by atoms with Gasteiger partial charge in [-0.15, -0.1) is 11.3 Å². The number of carbonyl (C=O) groups is 2. The summed E-state index contributed by atoms with van der Waals surface area (Å²) in [6.45, 7) is 1.88. The smallest absolute Gasteiger partial charge is 0.326 e. The Morgan fingerprint density at radius 3 is 2.38 bits per heavy atom. The number of phenolic OH excluding ortho intramolecular Hbond substituents is 1. The largest absolute Gasteiger partial charge is 0.508 e. The number of nitrogens with one attached hydrogen (secondary N) is 1. The molecule has 1 amide bonds. The van der Waals surface area contributed by atoms with E-state index in [2.05, 4.69) is 5.32 Å². The van der Waals surface area contributed by atoms with Crippen LogP contribution in [0, 0.1) is 6.92 Å². The summed E-state index contributed by atoms with van der Waals surface area (Å²) in [4.78, 5) is 24.8.